The van der Waals surface area contributed by atoms with Crippen LogP contribution in [0.5, 0.6) is 0 Å². The summed E-state index contributed by atoms with van der Waals surface area (Å²) in [6.45, 7) is 10.9. The van der Waals surface area contributed by atoms with Crippen LogP contribution in [0.4, 0.5) is 0 Å². The van der Waals surface area contributed by atoms with Crippen LogP contribution in [0.15, 0.2) is 36.4 Å². The number of nitrogens with one attached hydrogen (secondary N) is 3. The number of fused-ring (bicyclic) bond motifs is 4. The van der Waals surface area contributed by atoms with Crippen molar-refractivity contribution in [1.82, 2.24) is 26.1 Å². The van der Waals surface area contributed by atoms with Crippen LogP contribution >= 0.6 is 0 Å². The van der Waals surface area contributed by atoms with Crippen molar-refractivity contribution in [2.45, 2.75) is 110 Å². The van der Waals surface area contributed by atoms with E-state index >= 15 is 0 Å². The smallest absolute Gasteiger partial charge is 0.316 e. The Balaban J connectivity index is 1.51. The number of amides is 3. The SMILES string of the molecule is CC(C)C(=O)O[C@H]1CC[C@@]2(/C=C/c3ccc4ccc(nc4c3)[C@@H](C)NC(=O)[C@@H]3CCCN(N3)C(=O)[C@H](C)NC(=O)C(C(C)C)OC2=O)CC1. The van der Waals surface area contributed by atoms with Crippen molar-refractivity contribution in [3.05, 3.63) is 47.7 Å². The van der Waals surface area contributed by atoms with Gasteiger partial charge in [-0.1, -0.05) is 58.0 Å². The minimum Gasteiger partial charge on any atom is -0.462 e. The molecule has 1 unspecified atom stereocenters. The van der Waals surface area contributed by atoms with Crippen molar-refractivity contribution in [2.24, 2.45) is 17.3 Å². The van der Waals surface area contributed by atoms with Crippen LogP contribution in [0.25, 0.3) is 17.0 Å². The third-order valence-electron chi connectivity index (χ3n) is 9.72. The molecule has 4 atom stereocenters. The van der Waals surface area contributed by atoms with E-state index in [-0.39, 0.29) is 29.8 Å². The van der Waals surface area contributed by atoms with E-state index in [1.807, 2.05) is 49.4 Å². The van der Waals surface area contributed by atoms with Crippen LogP contribution in [-0.2, 0) is 33.4 Å². The number of hydrazine groups is 1. The maximum absolute atomic E-state index is 14.2. The summed E-state index contributed by atoms with van der Waals surface area (Å²) in [5, 5.41) is 8.07. The Hall–Kier alpha value is -4.32. The van der Waals surface area contributed by atoms with E-state index in [0.717, 1.165) is 16.5 Å². The van der Waals surface area contributed by atoms with E-state index in [4.69, 9.17) is 14.5 Å². The van der Waals surface area contributed by atoms with E-state index < -0.39 is 47.4 Å². The number of carbonyl (C=O) groups is 5. The zero-order valence-corrected chi connectivity index (χ0v) is 29.3. The Morgan fingerprint density at radius 2 is 1.65 bits per heavy atom. The second-order valence-corrected chi connectivity index (χ2v) is 14.3. The highest BCUT2D eigenvalue weighted by Gasteiger charge is 2.44. The molecule has 3 aliphatic rings. The minimum absolute atomic E-state index is 0.253. The van der Waals surface area contributed by atoms with Gasteiger partial charge in [-0.2, -0.15) is 0 Å². The Labute approximate surface area is 287 Å². The molecule has 1 spiro atoms. The molecule has 12 heteroatoms. The van der Waals surface area contributed by atoms with Crippen LogP contribution in [-0.4, -0.2) is 70.5 Å². The van der Waals surface area contributed by atoms with E-state index in [1.54, 1.807) is 34.6 Å². The number of ether oxygens (including phenoxy) is 2. The molecular formula is C37H49N5O7. The van der Waals surface area contributed by atoms with Gasteiger partial charge >= 0.3 is 11.9 Å². The monoisotopic (exact) mass is 675 g/mol. The van der Waals surface area contributed by atoms with Crippen molar-refractivity contribution in [2.75, 3.05) is 6.54 Å². The van der Waals surface area contributed by atoms with Crippen molar-refractivity contribution < 1.29 is 33.4 Å². The van der Waals surface area contributed by atoms with Crippen LogP contribution in [0.2, 0.25) is 0 Å². The second kappa shape index (κ2) is 15.1. The highest BCUT2D eigenvalue weighted by atomic mass is 16.6. The molecule has 3 heterocycles. The molecule has 1 aromatic heterocycles. The topological polar surface area (TPSA) is 156 Å². The van der Waals surface area contributed by atoms with Gasteiger partial charge in [0, 0.05) is 11.9 Å². The lowest BCUT2D eigenvalue weighted by Crippen LogP contribution is -2.61. The maximum Gasteiger partial charge on any atom is 0.316 e. The summed E-state index contributed by atoms with van der Waals surface area (Å²) < 4.78 is 11.7. The van der Waals surface area contributed by atoms with Crippen LogP contribution in [0.3, 0.4) is 0 Å². The molecule has 3 N–H and O–H groups in total. The molecule has 1 aliphatic carbocycles. The molecule has 5 rings (SSSR count). The zero-order chi connectivity index (χ0) is 35.5. The summed E-state index contributed by atoms with van der Waals surface area (Å²) in [5.41, 5.74) is 4.19. The summed E-state index contributed by atoms with van der Waals surface area (Å²) in [6, 6.07) is 7.68. The molecule has 12 nitrogen and oxygen atoms in total. The number of carbonyl (C=O) groups excluding carboxylic acids is 5. The Morgan fingerprint density at radius 1 is 0.959 bits per heavy atom. The second-order valence-electron chi connectivity index (χ2n) is 14.3. The number of nitrogens with zero attached hydrogens (tertiary/aromatic N) is 2. The quantitative estimate of drug-likeness (QED) is 0.407. The standard InChI is InChI=1S/C37H49N5O7/c1-21(2)31-33(44)39-24(6)34(45)42-19-7-8-29(41-42)32(43)38-23(5)28-12-11-26-10-9-25(20-30(26)40-28)13-16-37(36(47)49-31)17-14-27(15-18-37)48-35(46)22(3)4/h9-13,16,20-24,27,29,31,41H,7-8,14-15,17-19H2,1-6H3,(H,38,43)(H,39,44)/b16-13+/t23-,24+,27-,29+,31?,37-/m1/s1. The van der Waals surface area contributed by atoms with Gasteiger partial charge in [-0.3, -0.25) is 34.0 Å². The fraction of sp³-hybridized carbons (Fsp3) is 0.568. The third-order valence-corrected chi connectivity index (χ3v) is 9.72. The molecule has 1 saturated carbocycles. The molecule has 0 radical (unpaired) electrons. The van der Waals surface area contributed by atoms with Gasteiger partial charge in [0.2, 0.25) is 5.91 Å². The van der Waals surface area contributed by atoms with E-state index in [0.29, 0.717) is 50.8 Å². The predicted molar refractivity (Wildman–Crippen MR) is 183 cm³/mol. The first-order valence-electron chi connectivity index (χ1n) is 17.5. The number of pyridine rings is 1. The molecular weight excluding hydrogens is 626 g/mol. The lowest BCUT2D eigenvalue weighted by Gasteiger charge is -2.37. The highest BCUT2D eigenvalue weighted by molar-refractivity contribution is 5.92. The fourth-order valence-electron chi connectivity index (χ4n) is 6.55. The zero-order valence-electron chi connectivity index (χ0n) is 29.3. The molecule has 2 aliphatic heterocycles. The normalized spacial score (nSPS) is 29.5. The average molecular weight is 676 g/mol. The molecule has 2 aromatic rings. The van der Waals surface area contributed by atoms with Gasteiger partial charge in [-0.25, -0.2) is 5.43 Å². The number of benzene rings is 1. The number of aromatic nitrogens is 1. The van der Waals surface area contributed by atoms with Crippen LogP contribution < -0.4 is 16.1 Å². The van der Waals surface area contributed by atoms with Gasteiger partial charge in [0.05, 0.1) is 28.6 Å². The van der Waals surface area contributed by atoms with E-state index in [2.05, 4.69) is 16.1 Å². The number of esters is 2. The van der Waals surface area contributed by atoms with Crippen LogP contribution in [0.1, 0.15) is 97.4 Å². The Kier molecular flexibility index (Phi) is 11.1. The largest absolute Gasteiger partial charge is 0.462 e. The van der Waals surface area contributed by atoms with Gasteiger partial charge in [0.15, 0.2) is 6.10 Å². The predicted octanol–water partition coefficient (Wildman–Crippen LogP) is 4.14. The summed E-state index contributed by atoms with van der Waals surface area (Å²) in [6.07, 6.45) is 4.99. The summed E-state index contributed by atoms with van der Waals surface area (Å²) in [4.78, 5) is 71.7. The Bertz CT molecular complexity index is 1610. The fourth-order valence-corrected chi connectivity index (χ4v) is 6.55. The number of hydrogen-bond donors (Lipinski definition) is 3. The lowest BCUT2D eigenvalue weighted by atomic mass is 9.72. The molecule has 264 valence electrons. The lowest BCUT2D eigenvalue weighted by molar-refractivity contribution is -0.170. The summed E-state index contributed by atoms with van der Waals surface area (Å²) in [7, 11) is 0. The molecule has 2 fully saturated rings. The van der Waals surface area contributed by atoms with Crippen LogP contribution in [0, 0.1) is 17.3 Å². The Morgan fingerprint density at radius 3 is 2.35 bits per heavy atom. The van der Waals surface area contributed by atoms with Gasteiger partial charge in [-0.15, -0.1) is 0 Å². The number of rotatable bonds is 3. The molecule has 3 amide bonds. The third kappa shape index (κ3) is 8.29. The highest BCUT2D eigenvalue weighted by Crippen LogP contribution is 2.41. The molecule has 1 saturated heterocycles. The summed E-state index contributed by atoms with van der Waals surface area (Å²) in [5.74, 6) is -2.71. The van der Waals surface area contributed by atoms with Crippen molar-refractivity contribution in [3.8, 4) is 0 Å². The van der Waals surface area contributed by atoms with E-state index in [9.17, 15) is 24.0 Å². The number of hydrogen-bond acceptors (Lipinski definition) is 9. The first-order chi connectivity index (χ1) is 23.3. The summed E-state index contributed by atoms with van der Waals surface area (Å²) >= 11 is 0. The maximum atomic E-state index is 14.2. The first-order valence-corrected chi connectivity index (χ1v) is 17.5. The molecule has 1 aromatic carbocycles. The van der Waals surface area contributed by atoms with Gasteiger partial charge < -0.3 is 20.1 Å². The first kappa shape index (κ1) is 36.0. The van der Waals surface area contributed by atoms with Gasteiger partial charge in [-0.05, 0) is 76.0 Å². The minimum atomic E-state index is -1.16. The average Bonchev–Trinajstić information content (AvgIpc) is 3.08. The molecule has 5 bridgehead atoms. The van der Waals surface area contributed by atoms with Gasteiger partial charge in [0.25, 0.3) is 11.8 Å². The van der Waals surface area contributed by atoms with Crippen molar-refractivity contribution in [3.63, 3.8) is 0 Å². The van der Waals surface area contributed by atoms with Gasteiger partial charge in [0.1, 0.15) is 18.2 Å². The molecule has 49 heavy (non-hydrogen) atoms. The number of cyclic esters (lactones) is 1. The van der Waals surface area contributed by atoms with Crippen molar-refractivity contribution in [1.29, 1.82) is 0 Å². The van der Waals surface area contributed by atoms with E-state index in [1.165, 1.54) is 5.01 Å². The van der Waals surface area contributed by atoms with Crippen molar-refractivity contribution >= 4 is 46.6 Å².